The molecule has 1 N–H and O–H groups in total. The summed E-state index contributed by atoms with van der Waals surface area (Å²) in [5.41, 5.74) is -1.08. The molecular formula is C18H25F3N4O. The first-order valence-corrected chi connectivity index (χ1v) is 9.52. The molecule has 4 rings (SSSR count). The summed E-state index contributed by atoms with van der Waals surface area (Å²) in [4.78, 5) is 12.1. The molecule has 8 heteroatoms. The number of anilines is 2. The van der Waals surface area contributed by atoms with Crippen LogP contribution in [-0.4, -0.2) is 47.4 Å². The van der Waals surface area contributed by atoms with Gasteiger partial charge in [-0.05, 0) is 38.5 Å². The van der Waals surface area contributed by atoms with Gasteiger partial charge in [-0.1, -0.05) is 6.42 Å². The van der Waals surface area contributed by atoms with Crippen molar-refractivity contribution in [2.24, 2.45) is 5.41 Å². The van der Waals surface area contributed by atoms with E-state index in [1.54, 1.807) is 0 Å². The van der Waals surface area contributed by atoms with Crippen molar-refractivity contribution in [2.45, 2.75) is 57.2 Å². The fourth-order valence-electron chi connectivity index (χ4n) is 4.74. The lowest BCUT2D eigenvalue weighted by Gasteiger charge is -2.43. The van der Waals surface area contributed by atoms with Crippen molar-refractivity contribution in [2.75, 3.05) is 36.0 Å². The van der Waals surface area contributed by atoms with Crippen LogP contribution in [0.15, 0.2) is 6.07 Å². The fourth-order valence-corrected chi connectivity index (χ4v) is 4.74. The Labute approximate surface area is 151 Å². The van der Waals surface area contributed by atoms with Gasteiger partial charge >= 0.3 is 6.18 Å². The van der Waals surface area contributed by atoms with Gasteiger partial charge in [-0.2, -0.15) is 18.2 Å². The molecule has 5 nitrogen and oxygen atoms in total. The van der Waals surface area contributed by atoms with Gasteiger partial charge in [-0.15, -0.1) is 0 Å². The Bertz CT molecular complexity index is 662. The highest BCUT2D eigenvalue weighted by atomic mass is 19.4. The summed E-state index contributed by atoms with van der Waals surface area (Å²) in [6.07, 6.45) is 1.53. The first kappa shape index (κ1) is 17.8. The Morgan fingerprint density at radius 1 is 1.00 bits per heavy atom. The SMILES string of the molecule is OC1CCC[C@@]12CCCN(c1cc(C(F)(F)F)nc(N3CCCC3)n1)C2. The highest BCUT2D eigenvalue weighted by Crippen LogP contribution is 2.46. The summed E-state index contributed by atoms with van der Waals surface area (Å²) in [6.45, 7) is 2.64. The molecule has 1 aromatic rings. The van der Waals surface area contributed by atoms with Gasteiger partial charge in [0, 0.05) is 37.7 Å². The molecule has 3 fully saturated rings. The minimum Gasteiger partial charge on any atom is -0.392 e. The Kier molecular flexibility index (Phi) is 4.49. The van der Waals surface area contributed by atoms with E-state index in [1.807, 2.05) is 9.80 Å². The van der Waals surface area contributed by atoms with Crippen LogP contribution in [0.3, 0.4) is 0 Å². The van der Waals surface area contributed by atoms with E-state index in [9.17, 15) is 18.3 Å². The zero-order valence-corrected chi connectivity index (χ0v) is 14.8. The number of nitrogens with zero attached hydrogens (tertiary/aromatic N) is 4. The molecule has 2 aliphatic heterocycles. The van der Waals surface area contributed by atoms with Gasteiger partial charge in [0.15, 0.2) is 5.69 Å². The van der Waals surface area contributed by atoms with Gasteiger partial charge in [-0.3, -0.25) is 0 Å². The number of halogens is 3. The number of piperidine rings is 1. The first-order chi connectivity index (χ1) is 12.4. The lowest BCUT2D eigenvalue weighted by Crippen LogP contribution is -2.47. The van der Waals surface area contributed by atoms with E-state index in [0.717, 1.165) is 51.0 Å². The Balaban J connectivity index is 1.67. The average Bonchev–Trinajstić information content (AvgIpc) is 3.25. The molecule has 1 unspecified atom stereocenters. The maximum Gasteiger partial charge on any atom is 0.433 e. The van der Waals surface area contributed by atoms with Gasteiger partial charge < -0.3 is 14.9 Å². The standard InChI is InChI=1S/C18H25F3N4O/c19-18(20,21)13-11-15(23-16(22-13)24-8-1-2-9-24)25-10-4-7-17(12-25)6-3-5-14(17)26/h11,14,26H,1-10,12H2/t14?,17-/m0/s1. The summed E-state index contributed by atoms with van der Waals surface area (Å²) >= 11 is 0. The maximum absolute atomic E-state index is 13.4. The second kappa shape index (κ2) is 6.55. The minimum atomic E-state index is -4.49. The molecule has 1 aliphatic carbocycles. The molecule has 144 valence electrons. The number of rotatable bonds is 2. The lowest BCUT2D eigenvalue weighted by molar-refractivity contribution is -0.141. The van der Waals surface area contributed by atoms with E-state index in [0.29, 0.717) is 32.0 Å². The summed E-state index contributed by atoms with van der Waals surface area (Å²) < 4.78 is 40.2. The molecule has 0 radical (unpaired) electrons. The van der Waals surface area contributed by atoms with Crippen molar-refractivity contribution in [1.82, 2.24) is 9.97 Å². The second-order valence-electron chi connectivity index (χ2n) is 7.90. The number of aromatic nitrogens is 2. The third-order valence-corrected chi connectivity index (χ3v) is 6.17. The molecule has 2 atom stereocenters. The van der Waals surface area contributed by atoms with E-state index < -0.39 is 11.9 Å². The van der Waals surface area contributed by atoms with E-state index in [-0.39, 0.29) is 17.5 Å². The fraction of sp³-hybridized carbons (Fsp3) is 0.778. The van der Waals surface area contributed by atoms with Crippen LogP contribution >= 0.6 is 0 Å². The lowest BCUT2D eigenvalue weighted by atomic mass is 9.77. The molecule has 3 heterocycles. The average molecular weight is 370 g/mol. The van der Waals surface area contributed by atoms with E-state index in [4.69, 9.17) is 0 Å². The van der Waals surface area contributed by atoms with Gasteiger partial charge in [-0.25, -0.2) is 4.98 Å². The first-order valence-electron chi connectivity index (χ1n) is 9.52. The van der Waals surface area contributed by atoms with Crippen LogP contribution in [-0.2, 0) is 6.18 Å². The monoisotopic (exact) mass is 370 g/mol. The van der Waals surface area contributed by atoms with Crippen LogP contribution in [0.2, 0.25) is 0 Å². The van der Waals surface area contributed by atoms with Gasteiger partial charge in [0.1, 0.15) is 5.82 Å². The van der Waals surface area contributed by atoms with Crippen LogP contribution in [0.1, 0.15) is 50.6 Å². The Morgan fingerprint density at radius 3 is 2.35 bits per heavy atom. The molecule has 0 bridgehead atoms. The van der Waals surface area contributed by atoms with Crippen molar-refractivity contribution >= 4 is 11.8 Å². The van der Waals surface area contributed by atoms with Crippen molar-refractivity contribution in [3.05, 3.63) is 11.8 Å². The highest BCUT2D eigenvalue weighted by molar-refractivity contribution is 5.48. The molecule has 1 spiro atoms. The predicted molar refractivity (Wildman–Crippen MR) is 92.2 cm³/mol. The van der Waals surface area contributed by atoms with Crippen molar-refractivity contribution in [3.8, 4) is 0 Å². The molecular weight excluding hydrogens is 345 g/mol. The molecule has 0 aromatic carbocycles. The molecule has 1 saturated carbocycles. The molecule has 0 amide bonds. The maximum atomic E-state index is 13.4. The van der Waals surface area contributed by atoms with Crippen molar-refractivity contribution < 1.29 is 18.3 Å². The smallest absolute Gasteiger partial charge is 0.392 e. The van der Waals surface area contributed by atoms with Crippen molar-refractivity contribution in [3.63, 3.8) is 0 Å². The quantitative estimate of drug-likeness (QED) is 0.866. The Hall–Kier alpha value is -1.57. The minimum absolute atomic E-state index is 0.180. The van der Waals surface area contributed by atoms with Gasteiger partial charge in [0.05, 0.1) is 6.10 Å². The molecule has 26 heavy (non-hydrogen) atoms. The summed E-state index contributed by atoms with van der Waals surface area (Å²) in [5.74, 6) is 0.520. The van der Waals surface area contributed by atoms with Gasteiger partial charge in [0.2, 0.25) is 5.95 Å². The highest BCUT2D eigenvalue weighted by Gasteiger charge is 2.45. The van der Waals surface area contributed by atoms with E-state index in [1.165, 1.54) is 0 Å². The summed E-state index contributed by atoms with van der Waals surface area (Å²) in [7, 11) is 0. The van der Waals surface area contributed by atoms with E-state index >= 15 is 0 Å². The van der Waals surface area contributed by atoms with Gasteiger partial charge in [0.25, 0.3) is 0 Å². The third kappa shape index (κ3) is 3.23. The van der Waals surface area contributed by atoms with Crippen LogP contribution in [0, 0.1) is 5.41 Å². The normalized spacial score (nSPS) is 29.8. The largest absolute Gasteiger partial charge is 0.433 e. The molecule has 3 aliphatic rings. The number of aliphatic hydroxyl groups excluding tert-OH is 1. The topological polar surface area (TPSA) is 52.5 Å². The van der Waals surface area contributed by atoms with E-state index in [2.05, 4.69) is 9.97 Å². The number of alkyl halides is 3. The number of aliphatic hydroxyl groups is 1. The van der Waals surface area contributed by atoms with Crippen LogP contribution in [0.4, 0.5) is 24.9 Å². The summed E-state index contributed by atoms with van der Waals surface area (Å²) in [5, 5.41) is 10.4. The van der Waals surface area contributed by atoms with Crippen LogP contribution in [0.25, 0.3) is 0 Å². The Morgan fingerprint density at radius 2 is 1.69 bits per heavy atom. The zero-order valence-electron chi connectivity index (χ0n) is 14.8. The number of hydrogen-bond donors (Lipinski definition) is 1. The third-order valence-electron chi connectivity index (χ3n) is 6.17. The second-order valence-corrected chi connectivity index (χ2v) is 7.90. The summed E-state index contributed by atoms with van der Waals surface area (Å²) in [6, 6.07) is 1.07. The number of hydrogen-bond acceptors (Lipinski definition) is 5. The van der Waals surface area contributed by atoms with Crippen LogP contribution in [0.5, 0.6) is 0 Å². The molecule has 2 saturated heterocycles. The predicted octanol–water partition coefficient (Wildman–Crippen LogP) is 3.23. The zero-order chi connectivity index (χ0) is 18.4. The van der Waals surface area contributed by atoms with Crippen molar-refractivity contribution in [1.29, 1.82) is 0 Å². The van der Waals surface area contributed by atoms with Crippen LogP contribution < -0.4 is 9.80 Å². The molecule has 1 aromatic heterocycles.